The summed E-state index contributed by atoms with van der Waals surface area (Å²) in [5.74, 6) is 0.771. The molecule has 1 heterocycles. The van der Waals surface area contributed by atoms with Crippen molar-refractivity contribution in [1.29, 1.82) is 0 Å². The van der Waals surface area contributed by atoms with Crippen LogP contribution in [0.1, 0.15) is 37.4 Å². The van der Waals surface area contributed by atoms with Gasteiger partial charge in [-0.3, -0.25) is 0 Å². The van der Waals surface area contributed by atoms with Gasteiger partial charge in [-0.15, -0.1) is 0 Å². The molecule has 3 atom stereocenters. The maximum atomic E-state index is 13.1. The van der Waals surface area contributed by atoms with Crippen molar-refractivity contribution < 1.29 is 14.2 Å². The van der Waals surface area contributed by atoms with Crippen LogP contribution in [0.25, 0.3) is 0 Å². The van der Waals surface area contributed by atoms with Crippen LogP contribution in [-0.2, 0) is 0 Å². The summed E-state index contributed by atoms with van der Waals surface area (Å²) in [6, 6.07) is 4.38. The second-order valence-electron chi connectivity index (χ2n) is 5.13. The first-order chi connectivity index (χ1) is 8.74. The maximum Gasteiger partial charge on any atom is 0.125 e. The molecule has 0 saturated heterocycles. The molecule has 1 aliphatic heterocycles. The molecule has 0 amide bonds. The monoisotopic (exact) mass is 248 g/mol. The van der Waals surface area contributed by atoms with Crippen molar-refractivity contribution in [3.63, 3.8) is 0 Å². The largest absolute Gasteiger partial charge is 0.490 e. The molecule has 0 aromatic heterocycles. The summed E-state index contributed by atoms with van der Waals surface area (Å²) in [5.41, 5.74) is 0.581. The van der Waals surface area contributed by atoms with Gasteiger partial charge in [0.05, 0.1) is 6.10 Å². The number of hydrogen-bond acceptors (Lipinski definition) is 2. The molecule has 1 aromatic rings. The minimum absolute atomic E-state index is 0.0444. The van der Waals surface area contributed by atoms with Crippen LogP contribution in [0.3, 0.4) is 0 Å². The van der Waals surface area contributed by atoms with E-state index in [0.717, 1.165) is 19.3 Å². The first kappa shape index (κ1) is 11.7. The Morgan fingerprint density at radius 1 is 1.28 bits per heavy atom. The summed E-state index contributed by atoms with van der Waals surface area (Å²) >= 11 is 0. The number of allylic oxidation sites excluding steroid dienone is 2. The highest BCUT2D eigenvalue weighted by Crippen LogP contribution is 2.39. The lowest BCUT2D eigenvalue weighted by molar-refractivity contribution is 0.0311. The number of aliphatic hydroxyl groups is 1. The lowest BCUT2D eigenvalue weighted by atomic mass is 9.84. The number of rotatable bonds is 1. The van der Waals surface area contributed by atoms with Gasteiger partial charge in [-0.25, -0.2) is 4.39 Å². The molecule has 0 saturated carbocycles. The van der Waals surface area contributed by atoms with Gasteiger partial charge in [0.1, 0.15) is 17.7 Å². The van der Waals surface area contributed by atoms with Crippen LogP contribution in [0.4, 0.5) is 4.39 Å². The average Bonchev–Trinajstić information content (AvgIpc) is 2.40. The molecule has 1 N–H and O–H groups in total. The smallest absolute Gasteiger partial charge is 0.125 e. The van der Waals surface area contributed by atoms with Crippen LogP contribution >= 0.6 is 0 Å². The van der Waals surface area contributed by atoms with Gasteiger partial charge in [0.15, 0.2) is 0 Å². The van der Waals surface area contributed by atoms with Gasteiger partial charge in [-0.05, 0) is 43.4 Å². The quantitative estimate of drug-likeness (QED) is 0.772. The van der Waals surface area contributed by atoms with Gasteiger partial charge >= 0.3 is 0 Å². The van der Waals surface area contributed by atoms with E-state index in [1.54, 1.807) is 6.07 Å². The van der Waals surface area contributed by atoms with Gasteiger partial charge in [0.25, 0.3) is 0 Å². The van der Waals surface area contributed by atoms with Gasteiger partial charge in [0, 0.05) is 12.0 Å². The number of benzene rings is 1. The summed E-state index contributed by atoms with van der Waals surface area (Å²) in [7, 11) is 0. The van der Waals surface area contributed by atoms with Crippen LogP contribution in [-0.4, -0.2) is 11.2 Å². The zero-order valence-electron chi connectivity index (χ0n) is 10.2. The molecule has 0 radical (unpaired) electrons. The van der Waals surface area contributed by atoms with E-state index in [9.17, 15) is 9.50 Å². The molecule has 2 aliphatic rings. The van der Waals surface area contributed by atoms with Crippen molar-refractivity contribution in [1.82, 2.24) is 0 Å². The fourth-order valence-corrected chi connectivity index (χ4v) is 2.89. The molecule has 96 valence electrons. The van der Waals surface area contributed by atoms with Crippen molar-refractivity contribution in [3.05, 3.63) is 41.7 Å². The predicted molar refractivity (Wildman–Crippen MR) is 66.9 cm³/mol. The summed E-state index contributed by atoms with van der Waals surface area (Å²) in [6.45, 7) is 0. The molecule has 0 bridgehead atoms. The fraction of sp³-hybridized carbons (Fsp3) is 0.467. The van der Waals surface area contributed by atoms with E-state index in [1.807, 2.05) is 0 Å². The van der Waals surface area contributed by atoms with E-state index in [4.69, 9.17) is 4.74 Å². The number of hydrogen-bond donors (Lipinski definition) is 1. The third-order valence-corrected chi connectivity index (χ3v) is 3.90. The Bertz CT molecular complexity index is 470. The molecule has 2 unspecified atom stereocenters. The van der Waals surface area contributed by atoms with Crippen molar-refractivity contribution in [2.24, 2.45) is 5.92 Å². The van der Waals surface area contributed by atoms with Gasteiger partial charge in [-0.1, -0.05) is 12.2 Å². The number of aliphatic hydroxyl groups excluding tert-OH is 1. The van der Waals surface area contributed by atoms with E-state index in [-0.39, 0.29) is 11.9 Å². The van der Waals surface area contributed by atoms with Crippen LogP contribution in [0.15, 0.2) is 30.4 Å². The zero-order chi connectivity index (χ0) is 12.5. The van der Waals surface area contributed by atoms with E-state index in [1.165, 1.54) is 12.1 Å². The van der Waals surface area contributed by atoms with Crippen molar-refractivity contribution in [2.75, 3.05) is 0 Å². The lowest BCUT2D eigenvalue weighted by Crippen LogP contribution is -2.33. The molecule has 3 heteroatoms. The van der Waals surface area contributed by atoms with Crippen LogP contribution in [0.2, 0.25) is 0 Å². The van der Waals surface area contributed by atoms with E-state index in [0.29, 0.717) is 23.7 Å². The molecule has 1 aliphatic carbocycles. The van der Waals surface area contributed by atoms with Crippen molar-refractivity contribution >= 4 is 0 Å². The van der Waals surface area contributed by atoms with Gasteiger partial charge < -0.3 is 9.84 Å². The average molecular weight is 248 g/mol. The van der Waals surface area contributed by atoms with Crippen LogP contribution < -0.4 is 4.74 Å². The lowest BCUT2D eigenvalue weighted by Gasteiger charge is -2.35. The SMILES string of the molecule is O[C@@H]1CC(C2CC=CCC2)Oc2ccc(F)cc21. The third kappa shape index (κ3) is 2.15. The summed E-state index contributed by atoms with van der Waals surface area (Å²) in [5, 5.41) is 10.1. The minimum atomic E-state index is -0.611. The Hall–Kier alpha value is -1.35. The Kier molecular flexibility index (Phi) is 3.08. The van der Waals surface area contributed by atoms with E-state index in [2.05, 4.69) is 12.2 Å². The molecule has 3 rings (SSSR count). The third-order valence-electron chi connectivity index (χ3n) is 3.90. The topological polar surface area (TPSA) is 29.5 Å². The molecular weight excluding hydrogens is 231 g/mol. The highest BCUT2D eigenvalue weighted by atomic mass is 19.1. The van der Waals surface area contributed by atoms with Crippen molar-refractivity contribution in [2.45, 2.75) is 37.9 Å². The number of ether oxygens (including phenoxy) is 1. The van der Waals surface area contributed by atoms with Crippen LogP contribution in [0, 0.1) is 11.7 Å². The first-order valence-electron chi connectivity index (χ1n) is 6.53. The summed E-state index contributed by atoms with van der Waals surface area (Å²) in [6.07, 6.45) is 7.57. The summed E-state index contributed by atoms with van der Waals surface area (Å²) < 4.78 is 19.1. The number of halogens is 1. The second kappa shape index (κ2) is 4.73. The van der Waals surface area contributed by atoms with Crippen LogP contribution in [0.5, 0.6) is 5.75 Å². The molecule has 2 nitrogen and oxygen atoms in total. The highest BCUT2D eigenvalue weighted by Gasteiger charge is 2.32. The Morgan fingerprint density at radius 3 is 2.94 bits per heavy atom. The Labute approximate surface area is 106 Å². The van der Waals surface area contributed by atoms with Gasteiger partial charge in [0.2, 0.25) is 0 Å². The zero-order valence-corrected chi connectivity index (χ0v) is 10.2. The Balaban J connectivity index is 1.82. The minimum Gasteiger partial charge on any atom is -0.490 e. The van der Waals surface area contributed by atoms with E-state index < -0.39 is 6.10 Å². The first-order valence-corrected chi connectivity index (χ1v) is 6.53. The molecular formula is C15H17FO2. The fourth-order valence-electron chi connectivity index (χ4n) is 2.89. The standard InChI is InChI=1S/C15H17FO2/c16-11-6-7-14-12(8-11)13(17)9-15(18-14)10-4-2-1-3-5-10/h1-2,6-8,10,13,15,17H,3-5,9H2/t10?,13-,15?/m1/s1. The van der Waals surface area contributed by atoms with Gasteiger partial charge in [-0.2, -0.15) is 0 Å². The maximum absolute atomic E-state index is 13.1. The predicted octanol–water partition coefficient (Wildman–Crippen LogP) is 3.37. The molecule has 0 fully saturated rings. The second-order valence-corrected chi connectivity index (χ2v) is 5.13. The normalized spacial score (nSPS) is 30.7. The summed E-state index contributed by atoms with van der Waals surface area (Å²) in [4.78, 5) is 0. The number of fused-ring (bicyclic) bond motifs is 1. The Morgan fingerprint density at radius 2 is 2.17 bits per heavy atom. The molecule has 0 spiro atoms. The molecule has 18 heavy (non-hydrogen) atoms. The van der Waals surface area contributed by atoms with Crippen molar-refractivity contribution in [3.8, 4) is 5.75 Å². The molecule has 1 aromatic carbocycles. The highest BCUT2D eigenvalue weighted by molar-refractivity contribution is 5.37. The van der Waals surface area contributed by atoms with E-state index >= 15 is 0 Å².